The average Bonchev–Trinajstić information content (AvgIpc) is 2.42. The SMILES string of the molecule is C=CC(=O)O.C=CC(=O)OCC.c1ccccc1. The number of carbonyl (C=O) groups excluding carboxylic acids is 1. The van der Waals surface area contributed by atoms with Crippen LogP contribution in [0.4, 0.5) is 0 Å². The number of rotatable bonds is 3. The van der Waals surface area contributed by atoms with Gasteiger partial charge in [-0.2, -0.15) is 0 Å². The summed E-state index contributed by atoms with van der Waals surface area (Å²) < 4.78 is 4.43. The quantitative estimate of drug-likeness (QED) is 0.661. The molecule has 0 spiro atoms. The Labute approximate surface area is 107 Å². The second-order valence-electron chi connectivity index (χ2n) is 2.65. The van der Waals surface area contributed by atoms with Crippen LogP contribution in [0, 0.1) is 0 Å². The van der Waals surface area contributed by atoms with Crippen molar-refractivity contribution in [3.8, 4) is 0 Å². The first kappa shape index (κ1) is 18.0. The molecule has 0 unspecified atom stereocenters. The highest BCUT2D eigenvalue weighted by molar-refractivity contribution is 5.81. The molecule has 0 heterocycles. The molecule has 4 nitrogen and oxygen atoms in total. The summed E-state index contributed by atoms with van der Waals surface area (Å²) in [6, 6.07) is 12.0. The number of ether oxygens (including phenoxy) is 1. The number of carboxylic acid groups (broad SMARTS) is 1. The smallest absolute Gasteiger partial charge is 0.330 e. The van der Waals surface area contributed by atoms with E-state index in [2.05, 4.69) is 17.9 Å². The maximum Gasteiger partial charge on any atom is 0.330 e. The minimum atomic E-state index is -0.981. The minimum absolute atomic E-state index is 0.359. The van der Waals surface area contributed by atoms with E-state index in [1.54, 1.807) is 6.92 Å². The number of benzene rings is 1. The van der Waals surface area contributed by atoms with Crippen LogP contribution in [0.3, 0.4) is 0 Å². The Morgan fingerprint density at radius 1 is 1.06 bits per heavy atom. The zero-order valence-electron chi connectivity index (χ0n) is 10.4. The van der Waals surface area contributed by atoms with Crippen LogP contribution in [-0.2, 0) is 14.3 Å². The van der Waals surface area contributed by atoms with E-state index in [-0.39, 0.29) is 5.97 Å². The van der Waals surface area contributed by atoms with Gasteiger partial charge in [0.05, 0.1) is 6.61 Å². The summed E-state index contributed by atoms with van der Waals surface area (Å²) in [5, 5.41) is 7.60. The summed E-state index contributed by atoms with van der Waals surface area (Å²) in [4.78, 5) is 19.3. The van der Waals surface area contributed by atoms with Crippen molar-refractivity contribution < 1.29 is 19.4 Å². The van der Waals surface area contributed by atoms with Crippen LogP contribution in [0.15, 0.2) is 61.7 Å². The van der Waals surface area contributed by atoms with Gasteiger partial charge in [-0.15, -0.1) is 0 Å². The largest absolute Gasteiger partial charge is 0.478 e. The van der Waals surface area contributed by atoms with Crippen LogP contribution < -0.4 is 0 Å². The van der Waals surface area contributed by atoms with Gasteiger partial charge < -0.3 is 9.84 Å². The molecule has 0 aliphatic rings. The van der Waals surface area contributed by atoms with E-state index in [4.69, 9.17) is 5.11 Å². The first-order valence-corrected chi connectivity index (χ1v) is 5.23. The summed E-state index contributed by atoms with van der Waals surface area (Å²) >= 11 is 0. The third-order valence-electron chi connectivity index (χ3n) is 1.29. The fourth-order valence-electron chi connectivity index (χ4n) is 0.586. The first-order chi connectivity index (χ1) is 8.58. The number of carbonyl (C=O) groups is 2. The van der Waals surface area contributed by atoms with Gasteiger partial charge in [-0.25, -0.2) is 9.59 Å². The van der Waals surface area contributed by atoms with Crippen molar-refractivity contribution in [3.63, 3.8) is 0 Å². The van der Waals surface area contributed by atoms with Crippen LogP contribution in [0.2, 0.25) is 0 Å². The predicted octanol–water partition coefficient (Wildman–Crippen LogP) is 2.68. The molecule has 1 aromatic carbocycles. The van der Waals surface area contributed by atoms with Crippen molar-refractivity contribution in [2.75, 3.05) is 6.61 Å². The Bertz CT molecular complexity index is 317. The molecule has 1 N–H and O–H groups in total. The number of hydrogen-bond acceptors (Lipinski definition) is 3. The van der Waals surface area contributed by atoms with Crippen LogP contribution in [-0.4, -0.2) is 23.7 Å². The molecule has 0 fully saturated rings. The number of carboxylic acids is 1. The minimum Gasteiger partial charge on any atom is -0.478 e. The molecule has 0 atom stereocenters. The second kappa shape index (κ2) is 14.6. The predicted molar refractivity (Wildman–Crippen MR) is 71.1 cm³/mol. The summed E-state index contributed by atoms with van der Waals surface area (Å²) in [5.41, 5.74) is 0. The van der Waals surface area contributed by atoms with E-state index in [1.165, 1.54) is 0 Å². The number of aliphatic carboxylic acids is 1. The topological polar surface area (TPSA) is 63.6 Å². The Hall–Kier alpha value is -2.36. The molecule has 0 radical (unpaired) electrons. The Morgan fingerprint density at radius 2 is 1.39 bits per heavy atom. The molecular formula is C14H18O4. The van der Waals surface area contributed by atoms with Gasteiger partial charge in [-0.1, -0.05) is 49.6 Å². The second-order valence-corrected chi connectivity index (χ2v) is 2.65. The van der Waals surface area contributed by atoms with Crippen molar-refractivity contribution in [3.05, 3.63) is 61.7 Å². The highest BCUT2D eigenvalue weighted by atomic mass is 16.5. The maximum atomic E-state index is 10.1. The zero-order chi connectivity index (χ0) is 14.2. The van der Waals surface area contributed by atoms with E-state index in [0.717, 1.165) is 12.2 Å². The van der Waals surface area contributed by atoms with E-state index in [9.17, 15) is 9.59 Å². The van der Waals surface area contributed by atoms with E-state index in [1.807, 2.05) is 36.4 Å². The van der Waals surface area contributed by atoms with Gasteiger partial charge in [0.2, 0.25) is 0 Å². The molecule has 0 aliphatic carbocycles. The van der Waals surface area contributed by atoms with Gasteiger partial charge in [0.25, 0.3) is 0 Å². The zero-order valence-corrected chi connectivity index (χ0v) is 10.4. The van der Waals surface area contributed by atoms with Crippen molar-refractivity contribution in [1.29, 1.82) is 0 Å². The van der Waals surface area contributed by atoms with Crippen LogP contribution in [0.25, 0.3) is 0 Å². The van der Waals surface area contributed by atoms with Gasteiger partial charge in [-0.3, -0.25) is 0 Å². The number of esters is 1. The van der Waals surface area contributed by atoms with Gasteiger partial charge in [0.15, 0.2) is 0 Å². The van der Waals surface area contributed by atoms with E-state index in [0.29, 0.717) is 6.61 Å². The molecule has 1 aromatic rings. The Kier molecular flexibility index (Phi) is 14.7. The summed E-state index contributed by atoms with van der Waals surface area (Å²) in [5.74, 6) is -1.34. The molecule has 1 rings (SSSR count). The fourth-order valence-corrected chi connectivity index (χ4v) is 0.586. The molecule has 0 saturated heterocycles. The standard InChI is InChI=1S/C6H6.C5H8O2.C3H4O2/c1-2-4-6-5-3-1;1-3-5(6)7-4-2;1-2-3(4)5/h1-6H;3H,1,4H2,2H3;2H,1H2,(H,4,5). The third kappa shape index (κ3) is 19.2. The average molecular weight is 250 g/mol. The lowest BCUT2D eigenvalue weighted by atomic mass is 10.4. The van der Waals surface area contributed by atoms with Gasteiger partial charge in [-0.05, 0) is 6.92 Å². The first-order valence-electron chi connectivity index (χ1n) is 5.23. The molecule has 4 heteroatoms. The van der Waals surface area contributed by atoms with Crippen molar-refractivity contribution in [2.24, 2.45) is 0 Å². The lowest BCUT2D eigenvalue weighted by molar-refractivity contribution is -0.137. The van der Waals surface area contributed by atoms with Gasteiger partial charge in [0.1, 0.15) is 0 Å². The highest BCUT2D eigenvalue weighted by Gasteiger charge is 1.86. The van der Waals surface area contributed by atoms with Gasteiger partial charge in [0, 0.05) is 12.2 Å². The summed E-state index contributed by atoms with van der Waals surface area (Å²) in [7, 11) is 0. The molecular weight excluding hydrogens is 232 g/mol. The lowest BCUT2D eigenvalue weighted by Gasteiger charge is -1.90. The molecule has 98 valence electrons. The van der Waals surface area contributed by atoms with Crippen molar-refractivity contribution >= 4 is 11.9 Å². The summed E-state index contributed by atoms with van der Waals surface area (Å²) in [6.07, 6.45) is 1.98. The molecule has 0 saturated carbocycles. The Morgan fingerprint density at radius 3 is 1.50 bits per heavy atom. The van der Waals surface area contributed by atoms with Crippen molar-refractivity contribution in [1.82, 2.24) is 0 Å². The van der Waals surface area contributed by atoms with Gasteiger partial charge >= 0.3 is 11.9 Å². The van der Waals surface area contributed by atoms with E-state index < -0.39 is 5.97 Å². The molecule has 18 heavy (non-hydrogen) atoms. The Balaban J connectivity index is 0. The molecule has 0 aromatic heterocycles. The van der Waals surface area contributed by atoms with Crippen LogP contribution in [0.5, 0.6) is 0 Å². The monoisotopic (exact) mass is 250 g/mol. The highest BCUT2D eigenvalue weighted by Crippen LogP contribution is 1.79. The van der Waals surface area contributed by atoms with Crippen LogP contribution >= 0.6 is 0 Å². The fraction of sp³-hybridized carbons (Fsp3) is 0.143. The van der Waals surface area contributed by atoms with E-state index >= 15 is 0 Å². The lowest BCUT2D eigenvalue weighted by Crippen LogP contribution is -1.97. The molecule has 0 amide bonds. The molecule has 0 aliphatic heterocycles. The normalized spacial score (nSPS) is 7.39. The van der Waals surface area contributed by atoms with Crippen molar-refractivity contribution in [2.45, 2.75) is 6.92 Å². The van der Waals surface area contributed by atoms with Crippen LogP contribution in [0.1, 0.15) is 6.92 Å². The maximum absolute atomic E-state index is 10.1. The molecule has 0 bridgehead atoms. The summed E-state index contributed by atoms with van der Waals surface area (Å²) in [6.45, 7) is 8.34. The third-order valence-corrected chi connectivity index (χ3v) is 1.29. The number of hydrogen-bond donors (Lipinski definition) is 1.